The molecule has 0 atom stereocenters. The second-order valence-corrected chi connectivity index (χ2v) is 4.21. The van der Waals surface area contributed by atoms with Gasteiger partial charge in [-0.3, -0.25) is 0 Å². The number of benzene rings is 1. The summed E-state index contributed by atoms with van der Waals surface area (Å²) < 4.78 is 32.2. The summed E-state index contributed by atoms with van der Waals surface area (Å²) >= 11 is 2.99. The SMILES string of the molecule is NCCc1noc(-c2c(F)cc(Br)cc2F)n1. The van der Waals surface area contributed by atoms with Crippen molar-refractivity contribution in [3.05, 3.63) is 34.1 Å². The molecule has 0 aliphatic rings. The molecule has 0 saturated heterocycles. The third-order valence-electron chi connectivity index (χ3n) is 2.06. The Morgan fingerprint density at radius 3 is 2.53 bits per heavy atom. The van der Waals surface area contributed by atoms with E-state index >= 15 is 0 Å². The summed E-state index contributed by atoms with van der Waals surface area (Å²) in [6.45, 7) is 0.338. The fraction of sp³-hybridized carbons (Fsp3) is 0.200. The van der Waals surface area contributed by atoms with Crippen LogP contribution in [0.4, 0.5) is 8.78 Å². The Hall–Kier alpha value is -1.34. The fourth-order valence-corrected chi connectivity index (χ4v) is 1.73. The molecule has 0 radical (unpaired) electrons. The van der Waals surface area contributed by atoms with Crippen molar-refractivity contribution in [1.29, 1.82) is 0 Å². The molecule has 1 aromatic carbocycles. The minimum absolute atomic E-state index is 0.184. The van der Waals surface area contributed by atoms with Crippen LogP contribution in [0.15, 0.2) is 21.1 Å². The molecule has 2 rings (SSSR count). The first-order valence-electron chi connectivity index (χ1n) is 4.79. The number of nitrogens with two attached hydrogens (primary N) is 1. The molecule has 17 heavy (non-hydrogen) atoms. The molecule has 90 valence electrons. The van der Waals surface area contributed by atoms with Crippen molar-refractivity contribution in [3.8, 4) is 11.5 Å². The maximum absolute atomic E-state index is 13.6. The first kappa shape index (κ1) is 12.1. The molecule has 1 heterocycles. The average Bonchev–Trinajstić information content (AvgIpc) is 2.65. The van der Waals surface area contributed by atoms with Crippen LogP contribution >= 0.6 is 15.9 Å². The van der Waals surface area contributed by atoms with Gasteiger partial charge >= 0.3 is 0 Å². The van der Waals surface area contributed by atoms with Gasteiger partial charge in [-0.2, -0.15) is 4.98 Å². The largest absolute Gasteiger partial charge is 0.334 e. The summed E-state index contributed by atoms with van der Waals surface area (Å²) in [6.07, 6.45) is 0.392. The highest BCUT2D eigenvalue weighted by atomic mass is 79.9. The molecule has 4 nitrogen and oxygen atoms in total. The first-order valence-corrected chi connectivity index (χ1v) is 5.58. The van der Waals surface area contributed by atoms with Gasteiger partial charge in [0.2, 0.25) is 0 Å². The standard InChI is InChI=1S/C10H8BrF2N3O/c11-5-3-6(12)9(7(13)4-5)10-15-8(1-2-14)16-17-10/h3-4H,1-2,14H2. The molecular formula is C10H8BrF2N3O. The molecule has 1 aromatic heterocycles. The maximum atomic E-state index is 13.6. The Kier molecular flexibility index (Phi) is 3.49. The van der Waals surface area contributed by atoms with Gasteiger partial charge in [-0.05, 0) is 18.7 Å². The van der Waals surface area contributed by atoms with Crippen molar-refractivity contribution >= 4 is 15.9 Å². The lowest BCUT2D eigenvalue weighted by Gasteiger charge is -2.00. The Morgan fingerprint density at radius 1 is 1.29 bits per heavy atom. The first-order chi connectivity index (χ1) is 8.11. The lowest BCUT2D eigenvalue weighted by molar-refractivity contribution is 0.417. The van der Waals surface area contributed by atoms with Crippen LogP contribution in [0.25, 0.3) is 11.5 Å². The van der Waals surface area contributed by atoms with Crippen LogP contribution in [0.5, 0.6) is 0 Å². The van der Waals surface area contributed by atoms with Crippen LogP contribution in [0.2, 0.25) is 0 Å². The van der Waals surface area contributed by atoms with Gasteiger partial charge in [0.25, 0.3) is 5.89 Å². The molecule has 0 aliphatic heterocycles. The van der Waals surface area contributed by atoms with E-state index in [9.17, 15) is 8.78 Å². The number of hydrogen-bond acceptors (Lipinski definition) is 4. The van der Waals surface area contributed by atoms with Crippen LogP contribution in [0, 0.1) is 11.6 Å². The summed E-state index contributed by atoms with van der Waals surface area (Å²) in [4.78, 5) is 3.87. The molecule has 0 spiro atoms. The molecule has 0 saturated carbocycles. The quantitative estimate of drug-likeness (QED) is 0.945. The highest BCUT2D eigenvalue weighted by molar-refractivity contribution is 9.10. The van der Waals surface area contributed by atoms with Gasteiger partial charge in [0, 0.05) is 10.9 Å². The van der Waals surface area contributed by atoms with Crippen molar-refractivity contribution in [2.24, 2.45) is 5.73 Å². The maximum Gasteiger partial charge on any atom is 0.263 e. The Bertz CT molecular complexity index is 521. The van der Waals surface area contributed by atoms with E-state index in [2.05, 4.69) is 26.1 Å². The topological polar surface area (TPSA) is 64.9 Å². The van der Waals surface area contributed by atoms with E-state index in [1.807, 2.05) is 0 Å². The van der Waals surface area contributed by atoms with Gasteiger partial charge in [-0.25, -0.2) is 8.78 Å². The summed E-state index contributed by atoms with van der Waals surface area (Å²) in [5.74, 6) is -1.39. The summed E-state index contributed by atoms with van der Waals surface area (Å²) in [5.41, 5.74) is 4.98. The number of aromatic nitrogens is 2. The van der Waals surface area contributed by atoms with Gasteiger partial charge in [-0.1, -0.05) is 21.1 Å². The lowest BCUT2D eigenvalue weighted by atomic mass is 10.2. The van der Waals surface area contributed by atoms with Crippen LogP contribution in [0.1, 0.15) is 5.82 Å². The van der Waals surface area contributed by atoms with Crippen LogP contribution in [-0.4, -0.2) is 16.7 Å². The monoisotopic (exact) mass is 303 g/mol. The van der Waals surface area contributed by atoms with E-state index in [4.69, 9.17) is 10.3 Å². The van der Waals surface area contributed by atoms with Crippen LogP contribution in [-0.2, 0) is 6.42 Å². The molecule has 0 fully saturated rings. The number of halogens is 3. The Morgan fingerprint density at radius 2 is 1.94 bits per heavy atom. The average molecular weight is 304 g/mol. The van der Waals surface area contributed by atoms with E-state index in [1.165, 1.54) is 0 Å². The molecule has 0 amide bonds. The molecule has 2 N–H and O–H groups in total. The lowest BCUT2D eigenvalue weighted by Crippen LogP contribution is -2.03. The van der Waals surface area contributed by atoms with Crippen LogP contribution in [0.3, 0.4) is 0 Å². The predicted molar refractivity (Wildman–Crippen MR) is 60.1 cm³/mol. The predicted octanol–water partition coefficient (Wildman–Crippen LogP) is 2.28. The Balaban J connectivity index is 2.45. The zero-order valence-electron chi connectivity index (χ0n) is 8.58. The third-order valence-corrected chi connectivity index (χ3v) is 2.51. The summed E-state index contributed by atoms with van der Waals surface area (Å²) in [7, 11) is 0. The number of hydrogen-bond donors (Lipinski definition) is 1. The molecule has 0 unspecified atom stereocenters. The highest BCUT2D eigenvalue weighted by Crippen LogP contribution is 2.27. The van der Waals surface area contributed by atoms with E-state index in [0.29, 0.717) is 23.3 Å². The summed E-state index contributed by atoms with van der Waals surface area (Å²) in [6, 6.07) is 2.26. The van der Waals surface area contributed by atoms with Gasteiger partial charge in [-0.15, -0.1) is 0 Å². The highest BCUT2D eigenvalue weighted by Gasteiger charge is 2.18. The zero-order valence-corrected chi connectivity index (χ0v) is 10.2. The van der Waals surface area contributed by atoms with E-state index in [-0.39, 0.29) is 11.5 Å². The van der Waals surface area contributed by atoms with E-state index < -0.39 is 11.6 Å². The van der Waals surface area contributed by atoms with Gasteiger partial charge < -0.3 is 10.3 Å². The van der Waals surface area contributed by atoms with Crippen molar-refractivity contribution in [3.63, 3.8) is 0 Å². The van der Waals surface area contributed by atoms with Crippen molar-refractivity contribution in [1.82, 2.24) is 10.1 Å². The second kappa shape index (κ2) is 4.89. The minimum Gasteiger partial charge on any atom is -0.334 e. The third kappa shape index (κ3) is 2.50. The second-order valence-electron chi connectivity index (χ2n) is 3.30. The fourth-order valence-electron chi connectivity index (χ4n) is 1.33. The minimum atomic E-state index is -0.764. The van der Waals surface area contributed by atoms with Crippen molar-refractivity contribution < 1.29 is 13.3 Å². The molecule has 0 bridgehead atoms. The number of rotatable bonds is 3. The van der Waals surface area contributed by atoms with Gasteiger partial charge in [0.05, 0.1) is 0 Å². The smallest absolute Gasteiger partial charge is 0.263 e. The Labute approximate surface area is 104 Å². The summed E-state index contributed by atoms with van der Waals surface area (Å²) in [5, 5.41) is 3.58. The van der Waals surface area contributed by atoms with Crippen LogP contribution < -0.4 is 5.73 Å². The molecule has 7 heteroatoms. The molecule has 2 aromatic rings. The molecular weight excluding hydrogens is 296 g/mol. The van der Waals surface area contributed by atoms with E-state index in [0.717, 1.165) is 12.1 Å². The van der Waals surface area contributed by atoms with Gasteiger partial charge in [0.15, 0.2) is 5.82 Å². The number of nitrogens with zero attached hydrogens (tertiary/aromatic N) is 2. The molecule has 0 aliphatic carbocycles. The zero-order chi connectivity index (χ0) is 12.4. The normalized spacial score (nSPS) is 10.8. The van der Waals surface area contributed by atoms with E-state index in [1.54, 1.807) is 0 Å². The van der Waals surface area contributed by atoms with Crippen molar-refractivity contribution in [2.45, 2.75) is 6.42 Å². The van der Waals surface area contributed by atoms with Crippen molar-refractivity contribution in [2.75, 3.05) is 6.54 Å². The van der Waals surface area contributed by atoms with Gasteiger partial charge in [0.1, 0.15) is 17.2 Å².